The van der Waals surface area contributed by atoms with E-state index in [0.717, 1.165) is 5.56 Å². The number of halogens is 1. The molecular weight excluding hydrogens is 638 g/mol. The number of aromatic nitrogens is 1. The van der Waals surface area contributed by atoms with Crippen molar-refractivity contribution in [3.8, 4) is 0 Å². The molecule has 0 bridgehead atoms. The summed E-state index contributed by atoms with van der Waals surface area (Å²) >= 11 is 5.96. The highest BCUT2D eigenvalue weighted by Gasteiger charge is 2.71. The normalized spacial score (nSPS) is 39.0. The number of methoxy groups -OCH3 is 1. The van der Waals surface area contributed by atoms with Crippen LogP contribution in [0.3, 0.4) is 0 Å². The van der Waals surface area contributed by atoms with Crippen LogP contribution in [0, 0.1) is 41.4 Å². The Morgan fingerprint density at radius 1 is 1.15 bits per heavy atom. The number of carbonyl (C=O) groups is 3. The molecule has 3 aliphatic carbocycles. The Kier molecular flexibility index (Phi) is 9.65. The van der Waals surface area contributed by atoms with E-state index in [1.54, 1.807) is 43.5 Å². The van der Waals surface area contributed by atoms with E-state index in [9.17, 15) is 24.6 Å². The molecular formula is C37H44ClNO9. The zero-order valence-electron chi connectivity index (χ0n) is 27.7. The Morgan fingerprint density at radius 2 is 1.92 bits per heavy atom. The van der Waals surface area contributed by atoms with Gasteiger partial charge in [-0.05, 0) is 67.5 Å². The third-order valence-corrected chi connectivity index (χ3v) is 11.6. The van der Waals surface area contributed by atoms with Crippen LogP contribution in [-0.4, -0.2) is 76.3 Å². The quantitative estimate of drug-likeness (QED) is 0.162. The number of carbonyl (C=O) groups excluding carboxylic acids is 3. The zero-order valence-corrected chi connectivity index (χ0v) is 28.5. The minimum atomic E-state index is -1.45. The molecule has 1 aromatic heterocycles. The van der Waals surface area contributed by atoms with E-state index in [0.29, 0.717) is 16.8 Å². The number of esters is 3. The van der Waals surface area contributed by atoms with E-state index in [-0.39, 0.29) is 36.0 Å². The first kappa shape index (κ1) is 34.4. The average Bonchev–Trinajstić information content (AvgIpc) is 3.67. The fourth-order valence-electron chi connectivity index (χ4n) is 8.82. The number of alkyl halides is 1. The minimum absolute atomic E-state index is 0.130. The molecule has 2 fully saturated rings. The van der Waals surface area contributed by atoms with Crippen molar-refractivity contribution < 1.29 is 43.5 Å². The lowest BCUT2D eigenvalue weighted by molar-refractivity contribution is -0.186. The lowest BCUT2D eigenvalue weighted by Crippen LogP contribution is -2.65. The predicted octanol–water partition coefficient (Wildman–Crippen LogP) is 4.84. The summed E-state index contributed by atoms with van der Waals surface area (Å²) in [5.41, 5.74) is 0.652. The van der Waals surface area contributed by atoms with Crippen molar-refractivity contribution in [2.75, 3.05) is 7.11 Å². The highest BCUT2D eigenvalue weighted by atomic mass is 35.5. The van der Waals surface area contributed by atoms with E-state index in [1.807, 2.05) is 45.1 Å². The van der Waals surface area contributed by atoms with Crippen LogP contribution in [0.5, 0.6) is 0 Å². The molecule has 2 saturated carbocycles. The molecule has 0 radical (unpaired) electrons. The second-order valence-corrected chi connectivity index (χ2v) is 14.2. The molecule has 3 N–H and O–H groups in total. The summed E-state index contributed by atoms with van der Waals surface area (Å²) in [7, 11) is 1.42. The third-order valence-electron chi connectivity index (χ3n) is 11.3. The van der Waals surface area contributed by atoms with Crippen LogP contribution in [0.15, 0.2) is 66.4 Å². The largest absolute Gasteiger partial charge is 0.457 e. The SMILES string of the molecule is CO[C@H]1CC2C=CC3[C@H]4C([C@H]3[C@]2(O)/C(C)=C/[C@@H](C)[C@@H]([C@@H](C)OC(=O)c2cccc(CCl)c2)OC1=O)[C@H](O)[C@@H](C)[C@H]4OC(=O)c1ccc[nH]1. The van der Waals surface area contributed by atoms with Gasteiger partial charge in [0.25, 0.3) is 0 Å². The van der Waals surface area contributed by atoms with Gasteiger partial charge in [-0.15, -0.1) is 11.6 Å². The van der Waals surface area contributed by atoms with Gasteiger partial charge in [0.05, 0.1) is 17.3 Å². The number of cyclic esters (lactones) is 1. The van der Waals surface area contributed by atoms with Crippen LogP contribution in [0.25, 0.3) is 0 Å². The highest BCUT2D eigenvalue weighted by molar-refractivity contribution is 6.17. The molecule has 2 aromatic rings. The van der Waals surface area contributed by atoms with Crippen molar-refractivity contribution in [2.24, 2.45) is 41.4 Å². The number of nitrogens with one attached hydrogen (secondary N) is 1. The molecule has 0 amide bonds. The van der Waals surface area contributed by atoms with Gasteiger partial charge in [0, 0.05) is 48.8 Å². The average molecular weight is 682 g/mol. The smallest absolute Gasteiger partial charge is 0.355 e. The number of fused-ring (bicyclic) bond motifs is 6. The summed E-state index contributed by atoms with van der Waals surface area (Å²) in [6.45, 7) is 7.26. The van der Waals surface area contributed by atoms with Gasteiger partial charge in [0.15, 0.2) is 6.10 Å². The molecule has 13 atom stereocenters. The first-order valence-electron chi connectivity index (χ1n) is 16.6. The van der Waals surface area contributed by atoms with E-state index in [4.69, 9.17) is 30.5 Å². The van der Waals surface area contributed by atoms with Gasteiger partial charge in [0.1, 0.15) is 24.0 Å². The van der Waals surface area contributed by atoms with Gasteiger partial charge >= 0.3 is 17.9 Å². The van der Waals surface area contributed by atoms with Gasteiger partial charge in [-0.3, -0.25) is 0 Å². The van der Waals surface area contributed by atoms with Crippen LogP contribution in [0.4, 0.5) is 0 Å². The second kappa shape index (κ2) is 13.5. The van der Waals surface area contributed by atoms with Crippen molar-refractivity contribution in [3.63, 3.8) is 0 Å². The summed E-state index contributed by atoms with van der Waals surface area (Å²) in [6.07, 6.45) is 3.53. The zero-order chi connectivity index (χ0) is 34.5. The Hall–Kier alpha value is -3.44. The van der Waals surface area contributed by atoms with Crippen molar-refractivity contribution in [2.45, 2.75) is 76.1 Å². The van der Waals surface area contributed by atoms with Crippen molar-refractivity contribution in [1.82, 2.24) is 4.98 Å². The number of H-pyrrole nitrogens is 1. The number of aliphatic hydroxyl groups is 2. The molecule has 0 saturated heterocycles. The van der Waals surface area contributed by atoms with Gasteiger partial charge in [-0.25, -0.2) is 14.4 Å². The molecule has 3 unspecified atom stereocenters. The van der Waals surface area contributed by atoms with Gasteiger partial charge < -0.3 is 34.1 Å². The maximum atomic E-state index is 13.6. The Bertz CT molecular complexity index is 1590. The summed E-state index contributed by atoms with van der Waals surface area (Å²) in [5.74, 6) is -3.90. The number of rotatable bonds is 7. The molecule has 4 aliphatic rings. The van der Waals surface area contributed by atoms with Crippen LogP contribution >= 0.6 is 11.6 Å². The molecule has 1 aromatic carbocycles. The lowest BCUT2D eigenvalue weighted by Gasteiger charge is -2.61. The fraction of sp³-hybridized carbons (Fsp3) is 0.541. The maximum absolute atomic E-state index is 13.6. The van der Waals surface area contributed by atoms with Gasteiger partial charge in [-0.2, -0.15) is 0 Å². The number of hydrogen-bond acceptors (Lipinski definition) is 9. The van der Waals surface area contributed by atoms with E-state index < -0.39 is 71.8 Å². The summed E-state index contributed by atoms with van der Waals surface area (Å²) in [6, 6.07) is 10.2. The highest BCUT2D eigenvalue weighted by Crippen LogP contribution is 2.66. The number of aromatic amines is 1. The van der Waals surface area contributed by atoms with Crippen LogP contribution < -0.4 is 0 Å². The molecule has 0 spiro atoms. The molecule has 2 heterocycles. The number of allylic oxidation sites excluding steroid dienone is 1. The second-order valence-electron chi connectivity index (χ2n) is 13.9. The van der Waals surface area contributed by atoms with Crippen molar-refractivity contribution >= 4 is 29.5 Å². The minimum Gasteiger partial charge on any atom is -0.457 e. The number of aliphatic hydroxyl groups excluding tert-OH is 1. The number of ether oxygens (including phenoxy) is 4. The maximum Gasteiger partial charge on any atom is 0.355 e. The summed E-state index contributed by atoms with van der Waals surface area (Å²) in [4.78, 5) is 42.5. The fourth-order valence-corrected chi connectivity index (χ4v) is 8.99. The first-order valence-corrected chi connectivity index (χ1v) is 17.1. The number of benzene rings is 1. The van der Waals surface area contributed by atoms with Crippen LogP contribution in [0.2, 0.25) is 0 Å². The van der Waals surface area contributed by atoms with Gasteiger partial charge in [0.2, 0.25) is 0 Å². The van der Waals surface area contributed by atoms with Crippen molar-refractivity contribution in [3.05, 3.63) is 83.2 Å². The monoisotopic (exact) mass is 681 g/mol. The van der Waals surface area contributed by atoms with E-state index >= 15 is 0 Å². The first-order chi connectivity index (χ1) is 22.9. The molecule has 10 nitrogen and oxygen atoms in total. The number of hydrogen-bond donors (Lipinski definition) is 3. The van der Waals surface area contributed by atoms with E-state index in [2.05, 4.69) is 4.98 Å². The van der Waals surface area contributed by atoms with E-state index in [1.165, 1.54) is 7.11 Å². The Morgan fingerprint density at radius 3 is 2.60 bits per heavy atom. The molecule has 11 heteroatoms. The molecule has 1 aliphatic heterocycles. The molecule has 6 rings (SSSR count). The standard InChI is InChI=1S/C37H44ClNO9/c1-18-14-19(2)37(44)24(11-12-25-28-29(30(25)37)31(40)20(3)33(28)48-35(42)26-10-7-13-39-26)16-27(45-5)36(43)47-32(18)21(4)46-34(41)23-9-6-8-22(15-23)17-38/h6-15,18,20-21,24-25,27-33,39-40,44H,16-17H2,1-5H3/b19-14+/t18-,20-,21-,24?,25?,27+,28+,29?,30+,31-,32+,33-,37+/m1/s1. The Labute approximate surface area is 285 Å². The van der Waals surface area contributed by atoms with Crippen molar-refractivity contribution in [1.29, 1.82) is 0 Å². The van der Waals surface area contributed by atoms with Crippen LogP contribution in [-0.2, 0) is 29.6 Å². The van der Waals surface area contributed by atoms with Crippen LogP contribution in [0.1, 0.15) is 60.5 Å². The molecule has 48 heavy (non-hydrogen) atoms. The summed E-state index contributed by atoms with van der Waals surface area (Å²) in [5, 5.41) is 24.4. The Balaban J connectivity index is 1.30. The summed E-state index contributed by atoms with van der Waals surface area (Å²) < 4.78 is 23.4. The van der Waals surface area contributed by atoms with Gasteiger partial charge in [-0.1, -0.05) is 44.2 Å². The lowest BCUT2D eigenvalue weighted by atomic mass is 9.46. The predicted molar refractivity (Wildman–Crippen MR) is 176 cm³/mol. The molecule has 258 valence electrons. The topological polar surface area (TPSA) is 144 Å². The third kappa shape index (κ3) is 5.80.